The zero-order chi connectivity index (χ0) is 15.5. The number of anilines is 1. The monoisotopic (exact) mass is 354 g/mol. The number of hydrogen-bond donors (Lipinski definition) is 2. The highest BCUT2D eigenvalue weighted by Crippen LogP contribution is 2.29. The van der Waals surface area contributed by atoms with Crippen LogP contribution in [0.5, 0.6) is 0 Å². The number of nitrogens with two attached hydrogens (primary N) is 1. The van der Waals surface area contributed by atoms with Gasteiger partial charge in [-0.2, -0.15) is 0 Å². The maximum Gasteiger partial charge on any atom is 0.261 e. The number of amides is 1. The first-order valence-electron chi connectivity index (χ1n) is 7.05. The maximum absolute atomic E-state index is 12.4. The summed E-state index contributed by atoms with van der Waals surface area (Å²) < 4.78 is 0. The highest BCUT2D eigenvalue weighted by molar-refractivity contribution is 8.04. The average Bonchev–Trinajstić information content (AvgIpc) is 3.03. The Morgan fingerprint density at radius 1 is 1.52 bits per heavy atom. The first-order valence-corrected chi connectivity index (χ1v) is 8.04. The number of halogens is 1. The summed E-state index contributed by atoms with van der Waals surface area (Å²) in [4.78, 5) is 28.4. The number of rotatable bonds is 4. The Hall–Kier alpha value is -1.77. The zero-order valence-corrected chi connectivity index (χ0v) is 14.4. The van der Waals surface area contributed by atoms with Crippen molar-refractivity contribution in [2.45, 2.75) is 0 Å². The molecule has 3 rings (SSSR count). The molecule has 1 aliphatic heterocycles. The van der Waals surface area contributed by atoms with Gasteiger partial charge in [0, 0.05) is 44.8 Å². The van der Waals surface area contributed by atoms with Crippen LogP contribution in [0, 0.1) is 0 Å². The molecular weight excluding hydrogens is 336 g/mol. The molecule has 0 radical (unpaired) electrons. The fraction of sp³-hybridized carbons (Fsp3) is 0.357. The third kappa shape index (κ3) is 3.60. The summed E-state index contributed by atoms with van der Waals surface area (Å²) in [5, 5.41) is 0.952. The van der Waals surface area contributed by atoms with Crippen molar-refractivity contribution in [3.05, 3.63) is 29.7 Å². The predicted octanol–water partition coefficient (Wildman–Crippen LogP) is 1.19. The Bertz CT molecular complexity index is 718. The van der Waals surface area contributed by atoms with Gasteiger partial charge in [0.15, 0.2) is 0 Å². The normalized spacial score (nSPS) is 14.3. The Kier molecular flexibility index (Phi) is 5.86. The summed E-state index contributed by atoms with van der Waals surface area (Å²) >= 11 is 1.57. The molecule has 0 saturated carbocycles. The van der Waals surface area contributed by atoms with Gasteiger partial charge in [-0.25, -0.2) is 9.97 Å². The molecule has 1 aliphatic rings. The SMILES string of the molecule is CN(CCN)C(=O)C1=CN(c2ncnc3[nH]ccc23)CCS1.Cl. The Labute approximate surface area is 144 Å². The van der Waals surface area contributed by atoms with Crippen LogP contribution < -0.4 is 10.6 Å². The molecule has 0 atom stereocenters. The van der Waals surface area contributed by atoms with Crippen molar-refractivity contribution in [2.75, 3.05) is 37.3 Å². The molecule has 124 valence electrons. The van der Waals surface area contributed by atoms with E-state index in [1.165, 1.54) is 6.33 Å². The van der Waals surface area contributed by atoms with Crippen molar-refractivity contribution < 1.29 is 4.79 Å². The molecule has 0 spiro atoms. The van der Waals surface area contributed by atoms with Crippen LogP contribution in [0.15, 0.2) is 29.7 Å². The van der Waals surface area contributed by atoms with E-state index < -0.39 is 0 Å². The van der Waals surface area contributed by atoms with Gasteiger partial charge in [-0.3, -0.25) is 4.79 Å². The van der Waals surface area contributed by atoms with Crippen molar-refractivity contribution in [1.82, 2.24) is 19.9 Å². The van der Waals surface area contributed by atoms with Crippen molar-refractivity contribution in [1.29, 1.82) is 0 Å². The molecule has 0 saturated heterocycles. The van der Waals surface area contributed by atoms with Gasteiger partial charge in [0.2, 0.25) is 0 Å². The van der Waals surface area contributed by atoms with Gasteiger partial charge in [-0.05, 0) is 6.07 Å². The number of H-pyrrole nitrogens is 1. The summed E-state index contributed by atoms with van der Waals surface area (Å²) in [6, 6.07) is 1.95. The summed E-state index contributed by atoms with van der Waals surface area (Å²) in [7, 11) is 1.77. The molecule has 0 bridgehead atoms. The Morgan fingerprint density at radius 3 is 3.13 bits per heavy atom. The number of carbonyl (C=O) groups is 1. The lowest BCUT2D eigenvalue weighted by molar-refractivity contribution is -0.125. The number of nitrogens with zero attached hydrogens (tertiary/aromatic N) is 4. The van der Waals surface area contributed by atoms with Crippen LogP contribution in [0.4, 0.5) is 5.82 Å². The second kappa shape index (κ2) is 7.67. The molecule has 0 fully saturated rings. The number of nitrogens with one attached hydrogen (secondary N) is 1. The number of aromatic nitrogens is 3. The summed E-state index contributed by atoms with van der Waals surface area (Å²) in [6.45, 7) is 1.81. The van der Waals surface area contributed by atoms with Crippen LogP contribution >= 0.6 is 24.2 Å². The number of fused-ring (bicyclic) bond motifs is 1. The van der Waals surface area contributed by atoms with Crippen LogP contribution in [0.25, 0.3) is 11.0 Å². The second-order valence-corrected chi connectivity index (χ2v) is 6.12. The van der Waals surface area contributed by atoms with Crippen molar-refractivity contribution in [2.24, 2.45) is 5.73 Å². The van der Waals surface area contributed by atoms with E-state index in [-0.39, 0.29) is 18.3 Å². The molecule has 9 heteroatoms. The minimum Gasteiger partial charge on any atom is -0.346 e. The lowest BCUT2D eigenvalue weighted by Crippen LogP contribution is -2.35. The van der Waals surface area contributed by atoms with Gasteiger partial charge in [-0.15, -0.1) is 24.2 Å². The Morgan fingerprint density at radius 2 is 2.35 bits per heavy atom. The summed E-state index contributed by atoms with van der Waals surface area (Å²) in [6.07, 6.45) is 5.25. The fourth-order valence-corrected chi connectivity index (χ4v) is 3.34. The van der Waals surface area contributed by atoms with E-state index in [1.54, 1.807) is 23.7 Å². The van der Waals surface area contributed by atoms with Gasteiger partial charge in [0.05, 0.1) is 10.3 Å². The highest BCUT2D eigenvalue weighted by atomic mass is 35.5. The number of likely N-dealkylation sites (N-methyl/N-ethyl adjacent to an activating group) is 1. The van der Waals surface area contributed by atoms with E-state index in [2.05, 4.69) is 15.0 Å². The fourth-order valence-electron chi connectivity index (χ4n) is 2.35. The molecular formula is C14H19ClN6OS. The summed E-state index contributed by atoms with van der Waals surface area (Å²) in [5.74, 6) is 1.65. The van der Waals surface area contributed by atoms with Crippen molar-refractivity contribution in [3.63, 3.8) is 0 Å². The van der Waals surface area contributed by atoms with Crippen LogP contribution in [0.2, 0.25) is 0 Å². The minimum absolute atomic E-state index is 0. The molecule has 0 unspecified atom stereocenters. The third-order valence-electron chi connectivity index (χ3n) is 3.49. The second-order valence-electron chi connectivity index (χ2n) is 4.99. The lowest BCUT2D eigenvalue weighted by atomic mass is 10.3. The topological polar surface area (TPSA) is 91.1 Å². The van der Waals surface area contributed by atoms with E-state index >= 15 is 0 Å². The van der Waals surface area contributed by atoms with E-state index in [0.717, 1.165) is 29.1 Å². The first kappa shape index (κ1) is 17.6. The zero-order valence-electron chi connectivity index (χ0n) is 12.7. The minimum atomic E-state index is -0.000446. The first-order chi connectivity index (χ1) is 10.7. The van der Waals surface area contributed by atoms with Gasteiger partial charge < -0.3 is 20.5 Å². The van der Waals surface area contributed by atoms with Crippen LogP contribution in [-0.4, -0.2) is 58.2 Å². The Balaban J connectivity index is 0.00000192. The largest absolute Gasteiger partial charge is 0.346 e. The maximum atomic E-state index is 12.4. The smallest absolute Gasteiger partial charge is 0.261 e. The van der Waals surface area contributed by atoms with Gasteiger partial charge in [0.25, 0.3) is 5.91 Å². The molecule has 23 heavy (non-hydrogen) atoms. The molecule has 1 amide bonds. The molecule has 2 aromatic rings. The molecule has 0 aromatic carbocycles. The quantitative estimate of drug-likeness (QED) is 0.857. The van der Waals surface area contributed by atoms with Crippen molar-refractivity contribution >= 4 is 46.9 Å². The van der Waals surface area contributed by atoms with Gasteiger partial charge in [0.1, 0.15) is 17.8 Å². The standard InChI is InChI=1S/C14H18N6OS.ClH/c1-19(5-3-15)14(21)11-8-20(6-7-22-11)13-10-2-4-16-12(10)17-9-18-13;/h2,4,8-9H,3,5-7,15H2,1H3,(H,16,17,18);1H. The number of hydrogen-bond acceptors (Lipinski definition) is 6. The lowest BCUT2D eigenvalue weighted by Gasteiger charge is -2.27. The molecule has 0 aliphatic carbocycles. The van der Waals surface area contributed by atoms with Crippen LogP contribution in [-0.2, 0) is 4.79 Å². The number of carbonyl (C=O) groups excluding carboxylic acids is 1. The molecule has 3 heterocycles. The third-order valence-corrected chi connectivity index (χ3v) is 4.47. The summed E-state index contributed by atoms with van der Waals surface area (Å²) in [5.41, 5.74) is 6.31. The van der Waals surface area contributed by atoms with E-state index in [4.69, 9.17) is 5.73 Å². The molecule has 2 aromatic heterocycles. The van der Waals surface area contributed by atoms with Gasteiger partial charge >= 0.3 is 0 Å². The van der Waals surface area contributed by atoms with Crippen LogP contribution in [0.3, 0.4) is 0 Å². The van der Waals surface area contributed by atoms with E-state index in [0.29, 0.717) is 18.0 Å². The number of thioether (sulfide) groups is 1. The highest BCUT2D eigenvalue weighted by Gasteiger charge is 2.22. The predicted molar refractivity (Wildman–Crippen MR) is 95.7 cm³/mol. The van der Waals surface area contributed by atoms with Crippen molar-refractivity contribution in [3.8, 4) is 0 Å². The van der Waals surface area contributed by atoms with Gasteiger partial charge in [-0.1, -0.05) is 0 Å². The number of aromatic amines is 1. The molecule has 3 N–H and O–H groups in total. The molecule has 7 nitrogen and oxygen atoms in total. The van der Waals surface area contributed by atoms with E-state index in [1.807, 2.05) is 23.4 Å². The van der Waals surface area contributed by atoms with Crippen LogP contribution in [0.1, 0.15) is 0 Å². The average molecular weight is 355 g/mol. The van der Waals surface area contributed by atoms with E-state index in [9.17, 15) is 4.79 Å².